The Morgan fingerprint density at radius 1 is 1.39 bits per heavy atom. The molecule has 0 atom stereocenters. The summed E-state index contributed by atoms with van der Waals surface area (Å²) in [5, 5.41) is 2.46. The van der Waals surface area contributed by atoms with Crippen LogP contribution in [0.5, 0.6) is 0 Å². The van der Waals surface area contributed by atoms with E-state index in [0.717, 1.165) is 6.20 Å². The first kappa shape index (κ1) is 12.5. The van der Waals surface area contributed by atoms with E-state index >= 15 is 0 Å². The maximum Gasteiger partial charge on any atom is 0.255 e. The highest BCUT2D eigenvalue weighted by Gasteiger charge is 2.10. The molecular formula is C12H9BrFN3O. The minimum atomic E-state index is -0.583. The zero-order valence-electron chi connectivity index (χ0n) is 9.15. The van der Waals surface area contributed by atoms with Crippen molar-refractivity contribution in [3.63, 3.8) is 0 Å². The van der Waals surface area contributed by atoms with Gasteiger partial charge in [0.25, 0.3) is 5.91 Å². The fourth-order valence-electron chi connectivity index (χ4n) is 1.34. The molecule has 18 heavy (non-hydrogen) atoms. The summed E-state index contributed by atoms with van der Waals surface area (Å²) in [4.78, 5) is 15.5. The molecule has 0 fully saturated rings. The van der Waals surface area contributed by atoms with E-state index in [2.05, 4.69) is 26.2 Å². The second-order valence-corrected chi connectivity index (χ2v) is 4.40. The molecule has 92 valence electrons. The van der Waals surface area contributed by atoms with Crippen LogP contribution in [-0.4, -0.2) is 10.9 Å². The number of halogens is 2. The lowest BCUT2D eigenvalue weighted by atomic mass is 10.2. The molecule has 0 unspecified atom stereocenters. The number of nitrogens with two attached hydrogens (primary N) is 1. The van der Waals surface area contributed by atoms with Gasteiger partial charge in [-0.2, -0.15) is 0 Å². The summed E-state index contributed by atoms with van der Waals surface area (Å²) in [6.45, 7) is 0. The van der Waals surface area contributed by atoms with Crippen LogP contribution in [0.1, 0.15) is 10.4 Å². The number of amides is 1. The highest BCUT2D eigenvalue weighted by Crippen LogP contribution is 2.21. The normalized spacial score (nSPS) is 10.1. The molecule has 0 radical (unpaired) electrons. The molecule has 0 aliphatic carbocycles. The smallest absolute Gasteiger partial charge is 0.255 e. The van der Waals surface area contributed by atoms with Crippen LogP contribution in [-0.2, 0) is 0 Å². The van der Waals surface area contributed by atoms with Crippen molar-refractivity contribution in [3.8, 4) is 0 Å². The van der Waals surface area contributed by atoms with E-state index in [4.69, 9.17) is 5.73 Å². The Hall–Kier alpha value is -1.95. The molecule has 4 nitrogen and oxygen atoms in total. The Kier molecular flexibility index (Phi) is 3.57. The molecule has 0 saturated heterocycles. The van der Waals surface area contributed by atoms with Crippen molar-refractivity contribution in [3.05, 3.63) is 52.5 Å². The summed E-state index contributed by atoms with van der Waals surface area (Å²) in [6.07, 6.45) is 2.44. The molecule has 2 rings (SSSR count). The van der Waals surface area contributed by atoms with Gasteiger partial charge in [-0.1, -0.05) is 0 Å². The number of benzene rings is 1. The number of carbonyl (C=O) groups excluding carboxylic acids is 1. The van der Waals surface area contributed by atoms with E-state index in [9.17, 15) is 9.18 Å². The largest absolute Gasteiger partial charge is 0.398 e. The van der Waals surface area contributed by atoms with Crippen LogP contribution in [0.15, 0.2) is 41.1 Å². The molecule has 1 aromatic heterocycles. The zero-order valence-corrected chi connectivity index (χ0v) is 10.7. The SMILES string of the molecule is Nc1ccc(C(=O)Nc2ccncc2F)cc1Br. The van der Waals surface area contributed by atoms with Crippen LogP contribution in [0.2, 0.25) is 0 Å². The van der Waals surface area contributed by atoms with Gasteiger partial charge in [0.1, 0.15) is 0 Å². The highest BCUT2D eigenvalue weighted by atomic mass is 79.9. The van der Waals surface area contributed by atoms with E-state index < -0.39 is 11.7 Å². The molecule has 0 saturated carbocycles. The molecule has 1 aromatic carbocycles. The lowest BCUT2D eigenvalue weighted by molar-refractivity contribution is 0.102. The van der Waals surface area contributed by atoms with Crippen molar-refractivity contribution in [1.29, 1.82) is 0 Å². The van der Waals surface area contributed by atoms with Gasteiger partial charge in [0.2, 0.25) is 0 Å². The predicted molar refractivity (Wildman–Crippen MR) is 70.7 cm³/mol. The number of hydrogen-bond donors (Lipinski definition) is 2. The molecule has 0 bridgehead atoms. The first-order valence-electron chi connectivity index (χ1n) is 5.04. The predicted octanol–water partition coefficient (Wildman–Crippen LogP) is 2.82. The van der Waals surface area contributed by atoms with Crippen molar-refractivity contribution >= 4 is 33.2 Å². The van der Waals surface area contributed by atoms with Crippen molar-refractivity contribution in [1.82, 2.24) is 4.98 Å². The minimum Gasteiger partial charge on any atom is -0.398 e. The number of nitrogens with one attached hydrogen (secondary N) is 1. The second kappa shape index (κ2) is 5.14. The molecule has 0 spiro atoms. The maximum absolute atomic E-state index is 13.3. The molecule has 1 amide bonds. The Labute approximate surface area is 111 Å². The monoisotopic (exact) mass is 309 g/mol. The third-order valence-electron chi connectivity index (χ3n) is 2.28. The number of pyridine rings is 1. The van der Waals surface area contributed by atoms with Gasteiger partial charge in [-0.05, 0) is 40.2 Å². The number of carbonyl (C=O) groups is 1. The number of aromatic nitrogens is 1. The number of rotatable bonds is 2. The Bertz CT molecular complexity index is 604. The molecular weight excluding hydrogens is 301 g/mol. The highest BCUT2D eigenvalue weighted by molar-refractivity contribution is 9.10. The van der Waals surface area contributed by atoms with E-state index in [1.54, 1.807) is 18.2 Å². The molecule has 1 heterocycles. The van der Waals surface area contributed by atoms with E-state index in [1.165, 1.54) is 12.3 Å². The fraction of sp³-hybridized carbons (Fsp3) is 0. The number of anilines is 2. The summed E-state index contributed by atoms with van der Waals surface area (Å²) in [5.41, 5.74) is 6.62. The maximum atomic E-state index is 13.3. The minimum absolute atomic E-state index is 0.0861. The second-order valence-electron chi connectivity index (χ2n) is 3.55. The molecule has 0 aliphatic rings. The molecule has 6 heteroatoms. The zero-order chi connectivity index (χ0) is 13.1. The third-order valence-corrected chi connectivity index (χ3v) is 2.97. The molecule has 2 aromatic rings. The van der Waals surface area contributed by atoms with Crippen molar-refractivity contribution in [2.75, 3.05) is 11.1 Å². The summed E-state index contributed by atoms with van der Waals surface area (Å²) in [6, 6.07) is 6.12. The van der Waals surface area contributed by atoms with Gasteiger partial charge in [-0.3, -0.25) is 9.78 Å². The Morgan fingerprint density at radius 2 is 2.17 bits per heavy atom. The van der Waals surface area contributed by atoms with E-state index in [1.807, 2.05) is 0 Å². The van der Waals surface area contributed by atoms with Crippen LogP contribution in [0, 0.1) is 5.82 Å². The topological polar surface area (TPSA) is 68.0 Å². The van der Waals surface area contributed by atoms with Gasteiger partial charge < -0.3 is 11.1 Å². The number of nitrogen functional groups attached to an aromatic ring is 1. The van der Waals surface area contributed by atoms with Gasteiger partial charge >= 0.3 is 0 Å². The third kappa shape index (κ3) is 2.65. The first-order valence-corrected chi connectivity index (χ1v) is 5.83. The fourth-order valence-corrected chi connectivity index (χ4v) is 1.72. The Morgan fingerprint density at radius 3 is 2.83 bits per heavy atom. The average molecular weight is 310 g/mol. The van der Waals surface area contributed by atoms with Crippen LogP contribution in [0.25, 0.3) is 0 Å². The Balaban J connectivity index is 2.22. The van der Waals surface area contributed by atoms with Crippen LogP contribution >= 0.6 is 15.9 Å². The van der Waals surface area contributed by atoms with Gasteiger partial charge in [0.05, 0.1) is 11.9 Å². The average Bonchev–Trinajstić information content (AvgIpc) is 2.35. The summed E-state index contributed by atoms with van der Waals surface area (Å²) in [5.74, 6) is -0.999. The summed E-state index contributed by atoms with van der Waals surface area (Å²) in [7, 11) is 0. The van der Waals surface area contributed by atoms with Crippen LogP contribution in [0.3, 0.4) is 0 Å². The van der Waals surface area contributed by atoms with Crippen molar-refractivity contribution in [2.45, 2.75) is 0 Å². The van der Waals surface area contributed by atoms with Gasteiger partial charge in [0, 0.05) is 21.9 Å². The first-order chi connectivity index (χ1) is 8.58. The number of hydrogen-bond acceptors (Lipinski definition) is 3. The molecule has 0 aliphatic heterocycles. The van der Waals surface area contributed by atoms with Crippen molar-refractivity contribution < 1.29 is 9.18 Å². The van der Waals surface area contributed by atoms with E-state index in [-0.39, 0.29) is 5.69 Å². The molecule has 3 N–H and O–H groups in total. The summed E-state index contributed by atoms with van der Waals surface area (Å²) < 4.78 is 13.9. The quantitative estimate of drug-likeness (QED) is 0.838. The van der Waals surface area contributed by atoms with Gasteiger partial charge in [0.15, 0.2) is 5.82 Å². The van der Waals surface area contributed by atoms with Gasteiger partial charge in [-0.25, -0.2) is 4.39 Å². The van der Waals surface area contributed by atoms with E-state index in [0.29, 0.717) is 15.7 Å². The standard InChI is InChI=1S/C12H9BrFN3O/c13-8-5-7(1-2-10(8)15)12(18)17-11-3-4-16-6-9(11)14/h1-6H,15H2,(H,16,17,18). The summed E-state index contributed by atoms with van der Waals surface area (Å²) >= 11 is 3.23. The van der Waals surface area contributed by atoms with Gasteiger partial charge in [-0.15, -0.1) is 0 Å². The lowest BCUT2D eigenvalue weighted by Crippen LogP contribution is -2.13. The van der Waals surface area contributed by atoms with Crippen LogP contribution in [0.4, 0.5) is 15.8 Å². The number of nitrogens with zero attached hydrogens (tertiary/aromatic N) is 1. The van der Waals surface area contributed by atoms with Crippen LogP contribution < -0.4 is 11.1 Å². The lowest BCUT2D eigenvalue weighted by Gasteiger charge is -2.07. The van der Waals surface area contributed by atoms with Crippen molar-refractivity contribution in [2.24, 2.45) is 0 Å².